The van der Waals surface area contributed by atoms with Gasteiger partial charge in [0.1, 0.15) is 5.82 Å². The predicted octanol–water partition coefficient (Wildman–Crippen LogP) is 2.35. The Morgan fingerprint density at radius 1 is 1.24 bits per heavy atom. The third kappa shape index (κ3) is 5.90. The number of benzene rings is 1. The van der Waals surface area contributed by atoms with E-state index in [9.17, 15) is 9.59 Å². The van der Waals surface area contributed by atoms with Crippen molar-refractivity contribution in [2.45, 2.75) is 44.9 Å². The van der Waals surface area contributed by atoms with Crippen LogP contribution in [0.25, 0.3) is 0 Å². The van der Waals surface area contributed by atoms with E-state index in [1.54, 1.807) is 0 Å². The first-order valence-electron chi connectivity index (χ1n) is 8.16. The maximum Gasteiger partial charge on any atom is 0.321 e. The number of carbonyl (C=O) groups is 2. The lowest BCUT2D eigenvalue weighted by Gasteiger charge is -2.12. The minimum atomic E-state index is -0.470. The number of hydrogen-bond donors (Lipinski definition) is 2. The van der Waals surface area contributed by atoms with Crippen LogP contribution >= 0.6 is 11.8 Å². The van der Waals surface area contributed by atoms with E-state index in [0.29, 0.717) is 11.7 Å². The quantitative estimate of drug-likeness (QED) is 0.739. The molecule has 0 saturated heterocycles. The maximum atomic E-state index is 11.9. The van der Waals surface area contributed by atoms with Crippen molar-refractivity contribution >= 4 is 23.7 Å². The van der Waals surface area contributed by atoms with Gasteiger partial charge in [0, 0.05) is 6.04 Å². The molecule has 0 unspecified atom stereocenters. The van der Waals surface area contributed by atoms with Crippen molar-refractivity contribution in [1.29, 1.82) is 0 Å². The molecule has 25 heavy (non-hydrogen) atoms. The van der Waals surface area contributed by atoms with E-state index in [-0.39, 0.29) is 17.7 Å². The largest absolute Gasteiger partial charge is 0.335 e. The summed E-state index contributed by atoms with van der Waals surface area (Å²) in [6.07, 6.45) is 0.804. The molecule has 1 heterocycles. The molecule has 0 aliphatic carbocycles. The zero-order valence-electron chi connectivity index (χ0n) is 14.7. The van der Waals surface area contributed by atoms with Crippen molar-refractivity contribution in [1.82, 2.24) is 25.4 Å². The average molecular weight is 361 g/mol. The van der Waals surface area contributed by atoms with E-state index in [4.69, 9.17) is 0 Å². The summed E-state index contributed by atoms with van der Waals surface area (Å²) in [5, 5.41) is 13.9. The molecular formula is C17H23N5O2S. The summed E-state index contributed by atoms with van der Waals surface area (Å²) in [6.45, 7) is 6.36. The maximum absolute atomic E-state index is 11.9. The highest BCUT2D eigenvalue weighted by atomic mass is 32.2. The standard InChI is InChI=1S/C17H23N5O2S/c1-4-12(2)18-16(24)19-15(23)11-25-17-21-20-13(3)22(17)10-14-8-6-5-7-9-14/h5-9,12H,4,10-11H2,1-3H3,(H2,18,19,23,24)/t12-/m1/s1. The summed E-state index contributed by atoms with van der Waals surface area (Å²) >= 11 is 1.26. The highest BCUT2D eigenvalue weighted by molar-refractivity contribution is 7.99. The first-order chi connectivity index (χ1) is 12.0. The molecule has 2 rings (SSSR count). The minimum absolute atomic E-state index is 0.0251. The van der Waals surface area contributed by atoms with Crippen LogP contribution in [0.4, 0.5) is 4.79 Å². The fourth-order valence-electron chi connectivity index (χ4n) is 2.07. The van der Waals surface area contributed by atoms with Crippen LogP contribution in [-0.2, 0) is 11.3 Å². The summed E-state index contributed by atoms with van der Waals surface area (Å²) in [6, 6.07) is 9.53. The van der Waals surface area contributed by atoms with Crippen molar-refractivity contribution in [2.24, 2.45) is 0 Å². The molecule has 0 aliphatic heterocycles. The van der Waals surface area contributed by atoms with E-state index in [1.807, 2.05) is 55.7 Å². The Bertz CT molecular complexity index is 717. The van der Waals surface area contributed by atoms with Crippen molar-refractivity contribution in [3.8, 4) is 0 Å². The van der Waals surface area contributed by atoms with Crippen molar-refractivity contribution in [2.75, 3.05) is 5.75 Å². The summed E-state index contributed by atoms with van der Waals surface area (Å²) in [4.78, 5) is 23.6. The van der Waals surface area contributed by atoms with Crippen LogP contribution in [0.1, 0.15) is 31.7 Å². The number of imide groups is 1. The first-order valence-corrected chi connectivity index (χ1v) is 9.15. The molecule has 1 aromatic carbocycles. The van der Waals surface area contributed by atoms with Crippen molar-refractivity contribution in [3.05, 3.63) is 41.7 Å². The molecule has 2 N–H and O–H groups in total. The van der Waals surface area contributed by atoms with Gasteiger partial charge >= 0.3 is 6.03 Å². The monoisotopic (exact) mass is 361 g/mol. The van der Waals surface area contributed by atoms with E-state index in [2.05, 4.69) is 20.8 Å². The molecule has 7 nitrogen and oxygen atoms in total. The van der Waals surface area contributed by atoms with Crippen LogP contribution in [-0.4, -0.2) is 38.5 Å². The molecule has 0 spiro atoms. The number of nitrogens with zero attached hydrogens (tertiary/aromatic N) is 3. The molecule has 0 radical (unpaired) electrons. The summed E-state index contributed by atoms with van der Waals surface area (Å²) in [5.74, 6) is 0.514. The van der Waals surface area contributed by atoms with Gasteiger partial charge in [0.05, 0.1) is 12.3 Å². The van der Waals surface area contributed by atoms with Crippen LogP contribution in [0.2, 0.25) is 0 Å². The van der Waals surface area contributed by atoms with Gasteiger partial charge in [0.15, 0.2) is 5.16 Å². The van der Waals surface area contributed by atoms with Crippen molar-refractivity contribution < 1.29 is 9.59 Å². The SMILES string of the molecule is CC[C@@H](C)NC(=O)NC(=O)CSc1nnc(C)n1Cc1ccccc1. The van der Waals surface area contributed by atoms with Crippen LogP contribution < -0.4 is 10.6 Å². The van der Waals surface area contributed by atoms with Gasteiger partial charge in [-0.15, -0.1) is 10.2 Å². The van der Waals surface area contributed by atoms with Gasteiger partial charge in [-0.05, 0) is 25.8 Å². The number of nitrogens with one attached hydrogen (secondary N) is 2. The summed E-state index contributed by atoms with van der Waals surface area (Å²) in [5.41, 5.74) is 1.13. The Morgan fingerprint density at radius 3 is 2.64 bits per heavy atom. The molecule has 0 fully saturated rings. The van der Waals surface area contributed by atoms with E-state index in [1.165, 1.54) is 11.8 Å². The van der Waals surface area contributed by atoms with Gasteiger partial charge in [0.25, 0.3) is 0 Å². The molecule has 0 aliphatic rings. The lowest BCUT2D eigenvalue weighted by Crippen LogP contribution is -2.43. The first kappa shape index (κ1) is 19.0. The fraction of sp³-hybridized carbons (Fsp3) is 0.412. The number of hydrogen-bond acceptors (Lipinski definition) is 5. The molecule has 1 aromatic heterocycles. The predicted molar refractivity (Wildman–Crippen MR) is 97.5 cm³/mol. The van der Waals surface area contributed by atoms with E-state index in [0.717, 1.165) is 17.8 Å². The highest BCUT2D eigenvalue weighted by Crippen LogP contribution is 2.18. The third-order valence-electron chi connectivity index (χ3n) is 3.66. The lowest BCUT2D eigenvalue weighted by molar-refractivity contribution is -0.117. The van der Waals surface area contributed by atoms with Gasteiger partial charge in [-0.3, -0.25) is 10.1 Å². The van der Waals surface area contributed by atoms with Gasteiger partial charge < -0.3 is 9.88 Å². The Balaban J connectivity index is 1.91. The normalized spacial score (nSPS) is 11.8. The second-order valence-electron chi connectivity index (χ2n) is 5.72. The molecule has 2 aromatic rings. The number of carbonyl (C=O) groups excluding carboxylic acids is 2. The van der Waals surface area contributed by atoms with Gasteiger partial charge in [-0.2, -0.15) is 0 Å². The Hall–Kier alpha value is -2.35. The molecule has 1 atom stereocenters. The zero-order chi connectivity index (χ0) is 18.2. The number of urea groups is 1. The Kier molecular flexibility index (Phi) is 7.00. The second-order valence-corrected chi connectivity index (χ2v) is 6.66. The number of rotatable bonds is 7. The minimum Gasteiger partial charge on any atom is -0.335 e. The summed E-state index contributed by atoms with van der Waals surface area (Å²) < 4.78 is 1.95. The van der Waals surface area contributed by atoms with Gasteiger partial charge in [0.2, 0.25) is 5.91 Å². The second kappa shape index (κ2) is 9.22. The molecule has 0 saturated carbocycles. The average Bonchev–Trinajstić information content (AvgIpc) is 2.94. The fourth-order valence-corrected chi connectivity index (χ4v) is 2.85. The van der Waals surface area contributed by atoms with Crippen molar-refractivity contribution in [3.63, 3.8) is 0 Å². The number of aromatic nitrogens is 3. The zero-order valence-corrected chi connectivity index (χ0v) is 15.5. The topological polar surface area (TPSA) is 88.9 Å². The van der Waals surface area contributed by atoms with Gasteiger partial charge in [-0.25, -0.2) is 4.79 Å². The Labute approximate surface area is 151 Å². The number of thioether (sulfide) groups is 1. The smallest absolute Gasteiger partial charge is 0.321 e. The van der Waals surface area contributed by atoms with Crippen LogP contribution in [0.5, 0.6) is 0 Å². The van der Waals surface area contributed by atoms with Gasteiger partial charge in [-0.1, -0.05) is 49.0 Å². The molecule has 3 amide bonds. The van der Waals surface area contributed by atoms with E-state index < -0.39 is 6.03 Å². The van der Waals surface area contributed by atoms with Crippen LogP contribution in [0.15, 0.2) is 35.5 Å². The van der Waals surface area contributed by atoms with E-state index >= 15 is 0 Å². The number of aryl methyl sites for hydroxylation is 1. The molecular weight excluding hydrogens is 338 g/mol. The summed E-state index contributed by atoms with van der Waals surface area (Å²) in [7, 11) is 0. The molecule has 0 bridgehead atoms. The van der Waals surface area contributed by atoms with Crippen LogP contribution in [0, 0.1) is 6.92 Å². The Morgan fingerprint density at radius 2 is 1.96 bits per heavy atom. The molecule has 8 heteroatoms. The molecule has 134 valence electrons. The van der Waals surface area contributed by atoms with Crippen LogP contribution in [0.3, 0.4) is 0 Å². The lowest BCUT2D eigenvalue weighted by atomic mass is 10.2. The number of amides is 3. The third-order valence-corrected chi connectivity index (χ3v) is 4.63. The highest BCUT2D eigenvalue weighted by Gasteiger charge is 2.14.